The second-order valence-electron chi connectivity index (χ2n) is 5.11. The molecule has 0 aliphatic heterocycles. The maximum absolute atomic E-state index is 12.1. The number of amidine groups is 1. The Morgan fingerprint density at radius 2 is 2.10 bits per heavy atom. The fourth-order valence-electron chi connectivity index (χ4n) is 1.74. The number of hydrogen-bond acceptors (Lipinski definition) is 4. The van der Waals surface area contributed by atoms with Crippen molar-refractivity contribution in [1.82, 2.24) is 4.31 Å². The quantitative estimate of drug-likeness (QED) is 0.556. The van der Waals surface area contributed by atoms with E-state index in [1.807, 2.05) is 19.9 Å². The SMILES string of the molecule is CC(C)OCCS(=O)(=O)N(C)Cc1cccc(C(=N)N)c1. The van der Waals surface area contributed by atoms with Gasteiger partial charge in [-0.15, -0.1) is 0 Å². The molecule has 0 fully saturated rings. The number of ether oxygens (including phenoxy) is 1. The average molecular weight is 313 g/mol. The summed E-state index contributed by atoms with van der Waals surface area (Å²) in [6.45, 7) is 4.15. The molecule has 1 aromatic rings. The van der Waals surface area contributed by atoms with Crippen LogP contribution in [0.3, 0.4) is 0 Å². The molecule has 1 aromatic carbocycles. The lowest BCUT2D eigenvalue weighted by Gasteiger charge is -2.18. The normalized spacial score (nSPS) is 12.0. The Morgan fingerprint density at radius 1 is 1.43 bits per heavy atom. The van der Waals surface area contributed by atoms with Crippen LogP contribution in [0.2, 0.25) is 0 Å². The minimum atomic E-state index is -3.36. The molecule has 0 saturated carbocycles. The van der Waals surface area contributed by atoms with Crippen LogP contribution in [0, 0.1) is 5.41 Å². The molecule has 0 saturated heterocycles. The summed E-state index contributed by atoms with van der Waals surface area (Å²) in [6, 6.07) is 7.01. The Bertz CT molecular complexity index is 585. The van der Waals surface area contributed by atoms with Crippen molar-refractivity contribution in [3.63, 3.8) is 0 Å². The molecule has 0 aliphatic carbocycles. The molecule has 0 radical (unpaired) electrons. The number of nitrogen functional groups attached to an aromatic ring is 1. The van der Waals surface area contributed by atoms with Crippen molar-refractivity contribution in [1.29, 1.82) is 5.41 Å². The van der Waals surface area contributed by atoms with E-state index < -0.39 is 10.0 Å². The number of nitrogens with zero attached hydrogens (tertiary/aromatic N) is 1. The number of nitrogens with one attached hydrogen (secondary N) is 1. The minimum absolute atomic E-state index is 0.0118. The molecule has 7 heteroatoms. The van der Waals surface area contributed by atoms with E-state index in [9.17, 15) is 8.42 Å². The Labute approximate surface area is 126 Å². The highest BCUT2D eigenvalue weighted by Crippen LogP contribution is 2.10. The smallest absolute Gasteiger partial charge is 0.216 e. The Balaban J connectivity index is 2.69. The van der Waals surface area contributed by atoms with Gasteiger partial charge in [0, 0.05) is 19.2 Å². The van der Waals surface area contributed by atoms with Crippen molar-refractivity contribution in [3.05, 3.63) is 35.4 Å². The first-order valence-corrected chi connectivity index (χ1v) is 8.32. The second-order valence-corrected chi connectivity index (χ2v) is 7.30. The third-order valence-electron chi connectivity index (χ3n) is 2.91. The van der Waals surface area contributed by atoms with Crippen molar-refractivity contribution in [3.8, 4) is 0 Å². The van der Waals surface area contributed by atoms with E-state index >= 15 is 0 Å². The zero-order valence-electron chi connectivity index (χ0n) is 12.7. The van der Waals surface area contributed by atoms with Gasteiger partial charge in [-0.25, -0.2) is 12.7 Å². The topological polar surface area (TPSA) is 96.5 Å². The van der Waals surface area contributed by atoms with E-state index in [0.717, 1.165) is 5.56 Å². The summed E-state index contributed by atoms with van der Waals surface area (Å²) in [5.74, 6) is -0.0821. The highest BCUT2D eigenvalue weighted by molar-refractivity contribution is 7.89. The number of nitrogens with two attached hydrogens (primary N) is 1. The van der Waals surface area contributed by atoms with Crippen LogP contribution in [-0.4, -0.2) is 44.1 Å². The van der Waals surface area contributed by atoms with E-state index in [1.54, 1.807) is 18.2 Å². The molecule has 3 N–H and O–H groups in total. The van der Waals surface area contributed by atoms with Crippen LogP contribution >= 0.6 is 0 Å². The molecule has 21 heavy (non-hydrogen) atoms. The van der Waals surface area contributed by atoms with E-state index in [0.29, 0.717) is 5.56 Å². The van der Waals surface area contributed by atoms with Crippen LogP contribution in [0.5, 0.6) is 0 Å². The highest BCUT2D eigenvalue weighted by atomic mass is 32.2. The van der Waals surface area contributed by atoms with E-state index in [1.165, 1.54) is 11.4 Å². The molecular weight excluding hydrogens is 290 g/mol. The summed E-state index contributed by atoms with van der Waals surface area (Å²) in [7, 11) is -1.83. The van der Waals surface area contributed by atoms with Gasteiger partial charge in [0.05, 0.1) is 18.5 Å². The first-order valence-electron chi connectivity index (χ1n) is 6.71. The van der Waals surface area contributed by atoms with E-state index in [-0.39, 0.29) is 30.8 Å². The molecule has 0 spiro atoms. The maximum Gasteiger partial charge on any atom is 0.216 e. The summed E-state index contributed by atoms with van der Waals surface area (Å²) in [5, 5.41) is 7.40. The van der Waals surface area contributed by atoms with Gasteiger partial charge >= 0.3 is 0 Å². The molecule has 0 bridgehead atoms. The van der Waals surface area contributed by atoms with E-state index in [4.69, 9.17) is 15.9 Å². The summed E-state index contributed by atoms with van der Waals surface area (Å²) >= 11 is 0. The molecule has 0 atom stereocenters. The van der Waals surface area contributed by atoms with Gasteiger partial charge in [-0.2, -0.15) is 0 Å². The monoisotopic (exact) mass is 313 g/mol. The van der Waals surface area contributed by atoms with Crippen molar-refractivity contribution in [2.75, 3.05) is 19.4 Å². The Kier molecular flexibility index (Phi) is 6.32. The van der Waals surface area contributed by atoms with Crippen molar-refractivity contribution >= 4 is 15.9 Å². The first-order chi connectivity index (χ1) is 9.72. The van der Waals surface area contributed by atoms with Gasteiger partial charge in [0.1, 0.15) is 5.84 Å². The summed E-state index contributed by atoms with van der Waals surface area (Å²) in [6.07, 6.45) is 0.0118. The largest absolute Gasteiger partial charge is 0.384 e. The van der Waals surface area contributed by atoms with Crippen LogP contribution in [0.4, 0.5) is 0 Å². The lowest BCUT2D eigenvalue weighted by Crippen LogP contribution is -2.31. The first kappa shape index (κ1) is 17.6. The predicted molar refractivity (Wildman–Crippen MR) is 83.8 cm³/mol. The molecule has 118 valence electrons. The van der Waals surface area contributed by atoms with Crippen molar-refractivity contribution in [2.45, 2.75) is 26.5 Å². The van der Waals surface area contributed by atoms with Gasteiger partial charge < -0.3 is 10.5 Å². The van der Waals surface area contributed by atoms with Gasteiger partial charge in [-0.3, -0.25) is 5.41 Å². The second kappa shape index (κ2) is 7.53. The zero-order valence-corrected chi connectivity index (χ0v) is 13.5. The average Bonchev–Trinajstić information content (AvgIpc) is 2.38. The van der Waals surface area contributed by atoms with Crippen LogP contribution in [0.15, 0.2) is 24.3 Å². The molecule has 6 nitrogen and oxygen atoms in total. The molecule has 1 rings (SSSR count). The molecule has 0 aromatic heterocycles. The summed E-state index contributed by atoms with van der Waals surface area (Å²) in [4.78, 5) is 0. The molecule has 0 unspecified atom stereocenters. The fourth-order valence-corrected chi connectivity index (χ4v) is 2.70. The maximum atomic E-state index is 12.1. The third-order valence-corrected chi connectivity index (χ3v) is 4.67. The predicted octanol–water partition coefficient (Wildman–Crippen LogP) is 1.16. The standard InChI is InChI=1S/C14H23N3O3S/c1-11(2)20-7-8-21(18,19)17(3)10-12-5-4-6-13(9-12)14(15)16/h4-6,9,11H,7-8,10H2,1-3H3,(H3,15,16). The van der Waals surface area contributed by atoms with Gasteiger partial charge in [0.2, 0.25) is 10.0 Å². The Morgan fingerprint density at radius 3 is 2.67 bits per heavy atom. The van der Waals surface area contributed by atoms with E-state index in [2.05, 4.69) is 0 Å². The Hall–Kier alpha value is -1.44. The van der Waals surface area contributed by atoms with Gasteiger partial charge in [0.15, 0.2) is 0 Å². The molecule has 0 aliphatic rings. The van der Waals surface area contributed by atoms with Crippen LogP contribution in [0.25, 0.3) is 0 Å². The van der Waals surface area contributed by atoms with Crippen LogP contribution in [-0.2, 0) is 21.3 Å². The van der Waals surface area contributed by atoms with Crippen molar-refractivity contribution in [2.24, 2.45) is 5.73 Å². The molecule has 0 heterocycles. The lowest BCUT2D eigenvalue weighted by atomic mass is 10.1. The molecule has 0 amide bonds. The highest BCUT2D eigenvalue weighted by Gasteiger charge is 2.18. The summed E-state index contributed by atoms with van der Waals surface area (Å²) < 4.78 is 30.8. The number of rotatable bonds is 8. The number of sulfonamides is 1. The fraction of sp³-hybridized carbons (Fsp3) is 0.500. The van der Waals surface area contributed by atoms with Gasteiger partial charge in [-0.1, -0.05) is 18.2 Å². The number of benzene rings is 1. The number of hydrogen-bond donors (Lipinski definition) is 2. The minimum Gasteiger partial charge on any atom is -0.384 e. The third kappa shape index (κ3) is 5.82. The molecular formula is C14H23N3O3S. The summed E-state index contributed by atoms with van der Waals surface area (Å²) in [5.41, 5.74) is 6.80. The van der Waals surface area contributed by atoms with Crippen LogP contribution < -0.4 is 5.73 Å². The van der Waals surface area contributed by atoms with Crippen LogP contribution in [0.1, 0.15) is 25.0 Å². The zero-order chi connectivity index (χ0) is 16.0. The van der Waals surface area contributed by atoms with Gasteiger partial charge in [-0.05, 0) is 25.5 Å². The lowest BCUT2D eigenvalue weighted by molar-refractivity contribution is 0.0907. The van der Waals surface area contributed by atoms with Crippen molar-refractivity contribution < 1.29 is 13.2 Å². The van der Waals surface area contributed by atoms with Gasteiger partial charge in [0.25, 0.3) is 0 Å².